The number of urea groups is 1. The molecule has 3 amide bonds. The number of anilines is 2. The fraction of sp³-hybridized carbons (Fsp3) is 0.0870. The molecule has 0 aliphatic rings. The Morgan fingerprint density at radius 1 is 1.03 bits per heavy atom. The summed E-state index contributed by atoms with van der Waals surface area (Å²) in [4.78, 5) is 29.9. The van der Waals surface area contributed by atoms with E-state index in [-0.39, 0.29) is 5.91 Å². The Hall–Kier alpha value is -3.98. The van der Waals surface area contributed by atoms with Crippen LogP contribution in [0.4, 0.5) is 19.9 Å². The van der Waals surface area contributed by atoms with Crippen molar-refractivity contribution in [2.75, 3.05) is 10.6 Å². The van der Waals surface area contributed by atoms with Crippen molar-refractivity contribution in [2.24, 2.45) is 7.05 Å². The first-order chi connectivity index (χ1) is 15.5. The van der Waals surface area contributed by atoms with Gasteiger partial charge in [-0.25, -0.2) is 14.2 Å². The summed E-state index contributed by atoms with van der Waals surface area (Å²) in [6, 6.07) is 17.3. The minimum absolute atomic E-state index is 0.358. The van der Waals surface area contributed by atoms with E-state index >= 15 is 0 Å². The number of nitrogens with zero attached hydrogens (tertiary/aromatic N) is 2. The Balaban J connectivity index is 1.48. The molecule has 0 saturated heterocycles. The molecule has 7 nitrogen and oxygen atoms in total. The van der Waals surface area contributed by atoms with Gasteiger partial charge in [0.05, 0.1) is 9.88 Å². The van der Waals surface area contributed by atoms with Crippen LogP contribution < -0.4 is 16.0 Å². The molecule has 0 fully saturated rings. The SMILES string of the molecule is Cn1ccnc1C(NC(=O)c1ccc(NC(=O)Nc2ccccc2)s1)c1cccc(F)c1. The summed E-state index contributed by atoms with van der Waals surface area (Å²) in [7, 11) is 1.80. The van der Waals surface area contributed by atoms with Crippen LogP contribution in [-0.2, 0) is 7.05 Å². The van der Waals surface area contributed by atoms with Crippen molar-refractivity contribution in [3.63, 3.8) is 0 Å². The smallest absolute Gasteiger partial charge is 0.324 e. The van der Waals surface area contributed by atoms with Crippen LogP contribution in [0.1, 0.15) is 27.1 Å². The normalized spacial score (nSPS) is 11.6. The second-order valence-electron chi connectivity index (χ2n) is 6.97. The number of rotatable bonds is 6. The van der Waals surface area contributed by atoms with Gasteiger partial charge in [-0.05, 0) is 42.0 Å². The summed E-state index contributed by atoms with van der Waals surface area (Å²) in [6.07, 6.45) is 3.37. The van der Waals surface area contributed by atoms with Gasteiger partial charge in [0.2, 0.25) is 0 Å². The number of hydrogen-bond acceptors (Lipinski definition) is 4. The van der Waals surface area contributed by atoms with E-state index in [2.05, 4.69) is 20.9 Å². The number of benzene rings is 2. The van der Waals surface area contributed by atoms with Crippen LogP contribution in [0.15, 0.2) is 79.1 Å². The summed E-state index contributed by atoms with van der Waals surface area (Å²) in [5.74, 6) is -0.187. The molecular formula is C23H20FN5O2S. The molecule has 4 rings (SSSR count). The predicted molar refractivity (Wildman–Crippen MR) is 122 cm³/mol. The fourth-order valence-electron chi connectivity index (χ4n) is 3.16. The highest BCUT2D eigenvalue weighted by Crippen LogP contribution is 2.25. The van der Waals surface area contributed by atoms with Crippen LogP contribution >= 0.6 is 11.3 Å². The van der Waals surface area contributed by atoms with Gasteiger partial charge < -0.3 is 15.2 Å². The zero-order chi connectivity index (χ0) is 22.5. The number of hydrogen-bond donors (Lipinski definition) is 3. The molecule has 3 N–H and O–H groups in total. The van der Waals surface area contributed by atoms with Crippen LogP contribution in [0.25, 0.3) is 0 Å². The minimum Gasteiger partial charge on any atom is -0.337 e. The Morgan fingerprint density at radius 2 is 1.84 bits per heavy atom. The van der Waals surface area contributed by atoms with Crippen molar-refractivity contribution in [3.8, 4) is 0 Å². The summed E-state index contributed by atoms with van der Waals surface area (Å²) < 4.78 is 15.6. The lowest BCUT2D eigenvalue weighted by Crippen LogP contribution is -2.30. The van der Waals surface area contributed by atoms with Gasteiger partial charge in [0.25, 0.3) is 5.91 Å². The number of thiophene rings is 1. The molecule has 0 saturated carbocycles. The quantitative estimate of drug-likeness (QED) is 0.396. The van der Waals surface area contributed by atoms with E-state index in [9.17, 15) is 14.0 Å². The molecule has 2 heterocycles. The van der Waals surface area contributed by atoms with Gasteiger partial charge in [-0.15, -0.1) is 11.3 Å². The molecule has 0 aliphatic heterocycles. The van der Waals surface area contributed by atoms with E-state index in [0.29, 0.717) is 27.0 Å². The molecule has 2 aromatic carbocycles. The van der Waals surface area contributed by atoms with Crippen LogP contribution in [0, 0.1) is 5.82 Å². The number of carbonyl (C=O) groups is 2. The van der Waals surface area contributed by atoms with Gasteiger partial charge in [0.15, 0.2) is 0 Å². The summed E-state index contributed by atoms with van der Waals surface area (Å²) in [5.41, 5.74) is 1.23. The van der Waals surface area contributed by atoms with Crippen LogP contribution in [0.2, 0.25) is 0 Å². The average molecular weight is 450 g/mol. The summed E-state index contributed by atoms with van der Waals surface area (Å²) in [5, 5.41) is 8.88. The zero-order valence-corrected chi connectivity index (χ0v) is 17.9. The zero-order valence-electron chi connectivity index (χ0n) is 17.1. The molecule has 9 heteroatoms. The number of imidazole rings is 1. The number of aromatic nitrogens is 2. The standard InChI is InChI=1S/C23H20FN5O2S/c1-29-13-12-25-21(29)20(15-6-5-7-16(24)14-15)28-22(30)18-10-11-19(32-18)27-23(31)26-17-8-3-2-4-9-17/h2-14,20H,1H3,(H,28,30)(H2,26,27,31). The maximum Gasteiger partial charge on any atom is 0.324 e. The third-order valence-corrected chi connectivity index (χ3v) is 5.67. The molecule has 0 radical (unpaired) electrons. The van der Waals surface area contributed by atoms with Crippen molar-refractivity contribution in [1.29, 1.82) is 0 Å². The molecule has 32 heavy (non-hydrogen) atoms. The molecule has 0 spiro atoms. The highest BCUT2D eigenvalue weighted by molar-refractivity contribution is 7.18. The van der Waals surface area contributed by atoms with Gasteiger partial charge in [0, 0.05) is 25.1 Å². The van der Waals surface area contributed by atoms with Crippen molar-refractivity contribution in [1.82, 2.24) is 14.9 Å². The Labute approximate surface area is 187 Å². The third kappa shape index (κ3) is 5.01. The maximum absolute atomic E-state index is 13.8. The number of halogens is 1. The van der Waals surface area contributed by atoms with Gasteiger partial charge >= 0.3 is 6.03 Å². The molecule has 1 atom stereocenters. The van der Waals surface area contributed by atoms with E-state index in [0.717, 1.165) is 11.3 Å². The van der Waals surface area contributed by atoms with Crippen molar-refractivity contribution in [3.05, 3.63) is 101 Å². The van der Waals surface area contributed by atoms with Gasteiger partial charge in [-0.3, -0.25) is 10.1 Å². The first-order valence-corrected chi connectivity index (χ1v) is 10.6. The second kappa shape index (κ2) is 9.44. The Kier molecular flexibility index (Phi) is 6.27. The fourth-order valence-corrected chi connectivity index (χ4v) is 3.97. The highest BCUT2D eigenvalue weighted by atomic mass is 32.1. The van der Waals surface area contributed by atoms with Gasteiger partial charge in [-0.2, -0.15) is 0 Å². The van der Waals surface area contributed by atoms with Crippen LogP contribution in [0.3, 0.4) is 0 Å². The minimum atomic E-state index is -0.641. The number of aryl methyl sites for hydroxylation is 1. The predicted octanol–water partition coefficient (Wildman–Crippen LogP) is 4.78. The largest absolute Gasteiger partial charge is 0.337 e. The Bertz CT molecular complexity index is 1240. The number of para-hydroxylation sites is 1. The summed E-state index contributed by atoms with van der Waals surface area (Å²) in [6.45, 7) is 0. The molecule has 2 aromatic heterocycles. The van der Waals surface area contributed by atoms with E-state index in [1.807, 2.05) is 18.2 Å². The van der Waals surface area contributed by atoms with E-state index in [1.165, 1.54) is 12.1 Å². The first kappa shape index (κ1) is 21.3. The number of carbonyl (C=O) groups excluding carboxylic acids is 2. The third-order valence-electron chi connectivity index (χ3n) is 4.67. The molecule has 4 aromatic rings. The average Bonchev–Trinajstić information content (AvgIpc) is 3.41. The second-order valence-corrected chi connectivity index (χ2v) is 8.05. The lowest BCUT2D eigenvalue weighted by atomic mass is 10.1. The van der Waals surface area contributed by atoms with E-state index < -0.39 is 17.9 Å². The maximum atomic E-state index is 13.8. The monoisotopic (exact) mass is 449 g/mol. The molecule has 1 unspecified atom stereocenters. The topological polar surface area (TPSA) is 88.1 Å². The molecular weight excluding hydrogens is 429 g/mol. The van der Waals surface area contributed by atoms with Crippen LogP contribution in [0.5, 0.6) is 0 Å². The molecule has 0 bridgehead atoms. The van der Waals surface area contributed by atoms with Crippen molar-refractivity contribution < 1.29 is 14.0 Å². The number of amides is 3. The highest BCUT2D eigenvalue weighted by Gasteiger charge is 2.23. The first-order valence-electron chi connectivity index (χ1n) is 9.76. The van der Waals surface area contributed by atoms with E-state index in [1.54, 1.807) is 60.4 Å². The van der Waals surface area contributed by atoms with Gasteiger partial charge in [-0.1, -0.05) is 30.3 Å². The Morgan fingerprint density at radius 3 is 2.56 bits per heavy atom. The summed E-state index contributed by atoms with van der Waals surface area (Å²) >= 11 is 1.14. The van der Waals surface area contributed by atoms with Crippen molar-refractivity contribution in [2.45, 2.75) is 6.04 Å². The lowest BCUT2D eigenvalue weighted by molar-refractivity contribution is 0.0945. The molecule has 0 aliphatic carbocycles. The van der Waals surface area contributed by atoms with Gasteiger partial charge in [0.1, 0.15) is 17.7 Å². The number of nitrogens with one attached hydrogen (secondary N) is 3. The van der Waals surface area contributed by atoms with E-state index in [4.69, 9.17) is 0 Å². The molecule has 162 valence electrons. The van der Waals surface area contributed by atoms with Crippen molar-refractivity contribution >= 4 is 34.0 Å². The lowest BCUT2D eigenvalue weighted by Gasteiger charge is -2.19. The van der Waals surface area contributed by atoms with Crippen LogP contribution in [-0.4, -0.2) is 21.5 Å².